The van der Waals surface area contributed by atoms with Crippen molar-refractivity contribution in [2.24, 2.45) is 0 Å². The number of aryl methyl sites for hydroxylation is 2. The molecule has 32 heavy (non-hydrogen) atoms. The summed E-state index contributed by atoms with van der Waals surface area (Å²) in [4.78, 5) is -0.245. The molecule has 0 bridgehead atoms. The Labute approximate surface area is 190 Å². The van der Waals surface area contributed by atoms with Crippen LogP contribution in [-0.2, 0) is 20.0 Å². The first-order valence-electron chi connectivity index (χ1n) is 9.77. The van der Waals surface area contributed by atoms with Gasteiger partial charge in [-0.1, -0.05) is 75.7 Å². The van der Waals surface area contributed by atoms with Gasteiger partial charge in [0.2, 0.25) is 0 Å². The Morgan fingerprint density at radius 2 is 1.19 bits per heavy atom. The minimum Gasteiger partial charge on any atom is -0.206 e. The smallest absolute Gasteiger partial charge is 0.206 e. The largest absolute Gasteiger partial charge is 0.256 e. The van der Waals surface area contributed by atoms with E-state index in [0.29, 0.717) is 9.27 Å². The summed E-state index contributed by atoms with van der Waals surface area (Å²) in [5.74, 6) is 5.66. The van der Waals surface area contributed by atoms with Crippen molar-refractivity contribution in [1.82, 2.24) is 3.71 Å². The van der Waals surface area contributed by atoms with E-state index in [9.17, 15) is 16.8 Å². The Hall–Kier alpha value is -3.18. The molecular weight excluding hydrogens is 442 g/mol. The SMILES string of the molecule is C=C(C#Cc1ccccc1)CN(S(=O)(=O)c1ccc(C)cc1)S(=O)(=O)c1ccc(C)cc1. The summed E-state index contributed by atoms with van der Waals surface area (Å²) in [7, 11) is -8.79. The highest BCUT2D eigenvalue weighted by molar-refractivity contribution is 8.04. The van der Waals surface area contributed by atoms with Gasteiger partial charge in [0.05, 0.1) is 16.3 Å². The van der Waals surface area contributed by atoms with E-state index in [0.717, 1.165) is 11.1 Å². The molecule has 0 N–H and O–H groups in total. The molecule has 0 heterocycles. The molecule has 164 valence electrons. The molecule has 0 amide bonds. The zero-order valence-corrected chi connectivity index (χ0v) is 19.4. The summed E-state index contributed by atoms with van der Waals surface area (Å²) in [5.41, 5.74) is 2.58. The van der Waals surface area contributed by atoms with Gasteiger partial charge < -0.3 is 0 Å². The maximum atomic E-state index is 13.4. The van der Waals surface area contributed by atoms with Crippen LogP contribution in [0.5, 0.6) is 0 Å². The molecule has 5 nitrogen and oxygen atoms in total. The predicted octanol–water partition coefficient (Wildman–Crippen LogP) is 4.29. The van der Waals surface area contributed by atoms with Gasteiger partial charge in [0.1, 0.15) is 0 Å². The van der Waals surface area contributed by atoms with Gasteiger partial charge in [-0.25, -0.2) is 16.8 Å². The van der Waals surface area contributed by atoms with Crippen LogP contribution in [0.4, 0.5) is 0 Å². The lowest BCUT2D eigenvalue weighted by molar-refractivity contribution is 0.511. The molecule has 0 saturated heterocycles. The Morgan fingerprint density at radius 1 is 0.750 bits per heavy atom. The standard InChI is InChI=1S/C25H23NO4S2/c1-20-10-15-24(16-11-20)31(27,28)26(32(29,30)25-17-12-21(2)13-18-25)19-22(3)9-14-23-7-5-4-6-8-23/h4-8,10-13,15-18H,3,19H2,1-2H3. The van der Waals surface area contributed by atoms with Crippen molar-refractivity contribution >= 4 is 20.0 Å². The van der Waals surface area contributed by atoms with Crippen LogP contribution in [-0.4, -0.2) is 27.1 Å². The fourth-order valence-electron chi connectivity index (χ4n) is 2.83. The van der Waals surface area contributed by atoms with Crippen LogP contribution in [0.25, 0.3) is 0 Å². The van der Waals surface area contributed by atoms with E-state index in [1.807, 2.05) is 32.0 Å². The Balaban J connectivity index is 2.05. The average molecular weight is 466 g/mol. The van der Waals surface area contributed by atoms with Gasteiger partial charge in [0.15, 0.2) is 0 Å². The zero-order valence-electron chi connectivity index (χ0n) is 17.8. The second-order valence-electron chi connectivity index (χ2n) is 7.29. The van der Waals surface area contributed by atoms with E-state index in [4.69, 9.17) is 0 Å². The number of benzene rings is 3. The monoisotopic (exact) mass is 465 g/mol. The molecule has 0 radical (unpaired) electrons. The van der Waals surface area contributed by atoms with Gasteiger partial charge in [-0.05, 0) is 50.2 Å². The molecule has 0 unspecified atom stereocenters. The number of rotatable bonds is 6. The minimum absolute atomic E-state index is 0.123. The van der Waals surface area contributed by atoms with Gasteiger partial charge in [-0.15, -0.1) is 0 Å². The van der Waals surface area contributed by atoms with Crippen molar-refractivity contribution in [1.29, 1.82) is 0 Å². The lowest BCUT2D eigenvalue weighted by Gasteiger charge is -2.22. The van der Waals surface area contributed by atoms with Gasteiger partial charge in [0, 0.05) is 11.1 Å². The van der Waals surface area contributed by atoms with Gasteiger partial charge in [-0.3, -0.25) is 0 Å². The zero-order chi connectivity index (χ0) is 23.4. The topological polar surface area (TPSA) is 71.5 Å². The summed E-state index contributed by atoms with van der Waals surface area (Å²) >= 11 is 0. The molecule has 0 aliphatic carbocycles. The first kappa shape index (κ1) is 23.5. The van der Waals surface area contributed by atoms with Crippen LogP contribution in [0.15, 0.2) is 101 Å². The average Bonchev–Trinajstić information content (AvgIpc) is 2.77. The van der Waals surface area contributed by atoms with Crippen LogP contribution in [0.2, 0.25) is 0 Å². The molecule has 0 fully saturated rings. The summed E-state index contributed by atoms with van der Waals surface area (Å²) in [6.07, 6.45) is 0. The third kappa shape index (κ3) is 5.35. The van der Waals surface area contributed by atoms with E-state index in [1.54, 1.807) is 36.4 Å². The number of nitrogens with zero attached hydrogens (tertiary/aromatic N) is 1. The molecule has 7 heteroatoms. The molecule has 0 aliphatic heterocycles. The minimum atomic E-state index is -4.40. The normalized spacial score (nSPS) is 11.6. The second kappa shape index (κ2) is 9.53. The Bertz CT molecular complexity index is 1310. The van der Waals surface area contributed by atoms with Crippen molar-refractivity contribution in [2.75, 3.05) is 6.54 Å². The third-order valence-electron chi connectivity index (χ3n) is 4.65. The van der Waals surface area contributed by atoms with Crippen molar-refractivity contribution in [3.05, 3.63) is 108 Å². The van der Waals surface area contributed by atoms with Crippen LogP contribution in [0, 0.1) is 25.7 Å². The Kier molecular flexibility index (Phi) is 6.99. The molecule has 0 spiro atoms. The molecule has 0 aromatic heterocycles. The first-order valence-corrected chi connectivity index (χ1v) is 12.6. The van der Waals surface area contributed by atoms with Crippen LogP contribution in [0.3, 0.4) is 0 Å². The summed E-state index contributed by atoms with van der Waals surface area (Å²) in [5, 5.41) is 0. The molecule has 3 rings (SSSR count). The maximum Gasteiger partial charge on any atom is 0.256 e. The summed E-state index contributed by atoms with van der Waals surface area (Å²) < 4.78 is 54.1. The molecule has 0 saturated carbocycles. The molecule has 0 aliphatic rings. The van der Waals surface area contributed by atoms with E-state index < -0.39 is 26.6 Å². The van der Waals surface area contributed by atoms with Crippen LogP contribution in [0.1, 0.15) is 16.7 Å². The fraction of sp³-hybridized carbons (Fsp3) is 0.120. The van der Waals surface area contributed by atoms with E-state index in [1.165, 1.54) is 24.3 Å². The first-order chi connectivity index (χ1) is 15.1. The number of sulfonamides is 2. The van der Waals surface area contributed by atoms with Crippen molar-refractivity contribution in [2.45, 2.75) is 23.6 Å². The highest BCUT2D eigenvalue weighted by Gasteiger charge is 2.36. The van der Waals surface area contributed by atoms with Crippen molar-refractivity contribution in [3.63, 3.8) is 0 Å². The predicted molar refractivity (Wildman–Crippen MR) is 126 cm³/mol. The highest BCUT2D eigenvalue weighted by Crippen LogP contribution is 2.26. The quantitative estimate of drug-likeness (QED) is 0.509. The van der Waals surface area contributed by atoms with E-state index in [-0.39, 0.29) is 15.4 Å². The lowest BCUT2D eigenvalue weighted by atomic mass is 10.2. The molecule has 3 aromatic carbocycles. The van der Waals surface area contributed by atoms with E-state index in [2.05, 4.69) is 18.4 Å². The molecule has 3 aromatic rings. The van der Waals surface area contributed by atoms with Crippen molar-refractivity contribution in [3.8, 4) is 11.8 Å². The van der Waals surface area contributed by atoms with Gasteiger partial charge in [0.25, 0.3) is 20.0 Å². The third-order valence-corrected chi connectivity index (χ3v) is 8.90. The van der Waals surface area contributed by atoms with Crippen LogP contribution >= 0.6 is 0 Å². The number of hydrogen-bond acceptors (Lipinski definition) is 4. The Morgan fingerprint density at radius 3 is 1.62 bits per heavy atom. The fourth-order valence-corrected chi connectivity index (χ4v) is 6.46. The van der Waals surface area contributed by atoms with Crippen LogP contribution < -0.4 is 0 Å². The summed E-state index contributed by atoms with van der Waals surface area (Å²) in [6.45, 7) is 6.95. The van der Waals surface area contributed by atoms with E-state index >= 15 is 0 Å². The van der Waals surface area contributed by atoms with Gasteiger partial charge in [-0.2, -0.15) is 0 Å². The summed E-state index contributed by atoms with van der Waals surface area (Å²) in [6, 6.07) is 21.1. The van der Waals surface area contributed by atoms with Gasteiger partial charge >= 0.3 is 0 Å². The number of hydrogen-bond donors (Lipinski definition) is 0. The van der Waals surface area contributed by atoms with Crippen molar-refractivity contribution < 1.29 is 16.8 Å². The lowest BCUT2D eigenvalue weighted by Crippen LogP contribution is -2.38. The maximum absolute atomic E-state index is 13.4. The molecule has 0 atom stereocenters. The highest BCUT2D eigenvalue weighted by atomic mass is 32.3. The second-order valence-corrected chi connectivity index (χ2v) is 11.2. The molecular formula is C25H23NO4S2.